The van der Waals surface area contributed by atoms with Gasteiger partial charge in [-0.2, -0.15) is 0 Å². The van der Waals surface area contributed by atoms with Crippen LogP contribution in [0.3, 0.4) is 0 Å². The Bertz CT molecular complexity index is 913. The quantitative estimate of drug-likeness (QED) is 0.692. The second-order valence-electron chi connectivity index (χ2n) is 8.23. The molecule has 1 aromatic heterocycles. The molecule has 3 heterocycles. The SMILES string of the molecule is CSc1ccc(NC(=O)N2CCC(c3nc(C(=O)N4CCCCC4)c(C)o3)CC2)cc1. The molecule has 0 bridgehead atoms. The molecule has 0 aliphatic carbocycles. The van der Waals surface area contributed by atoms with Gasteiger partial charge < -0.3 is 19.5 Å². The summed E-state index contributed by atoms with van der Waals surface area (Å²) in [5.74, 6) is 1.34. The number of likely N-dealkylation sites (tertiary alicyclic amines) is 2. The summed E-state index contributed by atoms with van der Waals surface area (Å²) in [6, 6.07) is 7.76. The van der Waals surface area contributed by atoms with E-state index in [2.05, 4.69) is 10.3 Å². The number of carbonyl (C=O) groups is 2. The Labute approximate surface area is 187 Å². The summed E-state index contributed by atoms with van der Waals surface area (Å²) in [6.45, 7) is 4.69. The highest BCUT2D eigenvalue weighted by atomic mass is 32.2. The van der Waals surface area contributed by atoms with E-state index in [4.69, 9.17) is 4.42 Å². The van der Waals surface area contributed by atoms with Gasteiger partial charge in [0.25, 0.3) is 5.91 Å². The number of aryl methyl sites for hydroxylation is 1. The molecular weight excluding hydrogens is 412 g/mol. The lowest BCUT2D eigenvalue weighted by Crippen LogP contribution is -2.40. The van der Waals surface area contributed by atoms with E-state index in [1.165, 1.54) is 6.42 Å². The summed E-state index contributed by atoms with van der Waals surface area (Å²) in [7, 11) is 0. The molecular formula is C23H30N4O3S. The van der Waals surface area contributed by atoms with Crippen molar-refractivity contribution < 1.29 is 14.0 Å². The molecule has 31 heavy (non-hydrogen) atoms. The van der Waals surface area contributed by atoms with Crippen molar-refractivity contribution in [3.63, 3.8) is 0 Å². The molecule has 2 saturated heterocycles. The summed E-state index contributed by atoms with van der Waals surface area (Å²) in [4.78, 5) is 34.9. The minimum Gasteiger partial charge on any atom is -0.445 e. The number of carbonyl (C=O) groups excluding carboxylic acids is 2. The number of nitrogens with one attached hydrogen (secondary N) is 1. The van der Waals surface area contributed by atoms with Crippen molar-refractivity contribution in [1.29, 1.82) is 0 Å². The van der Waals surface area contributed by atoms with Crippen LogP contribution in [-0.4, -0.2) is 59.2 Å². The van der Waals surface area contributed by atoms with Gasteiger partial charge in [0.2, 0.25) is 0 Å². The van der Waals surface area contributed by atoms with E-state index >= 15 is 0 Å². The number of benzene rings is 1. The Balaban J connectivity index is 1.33. The maximum atomic E-state index is 12.8. The molecule has 0 atom stereocenters. The monoisotopic (exact) mass is 442 g/mol. The number of hydrogen-bond acceptors (Lipinski definition) is 5. The van der Waals surface area contributed by atoms with Crippen molar-refractivity contribution in [2.45, 2.75) is 49.8 Å². The van der Waals surface area contributed by atoms with Gasteiger partial charge in [0.1, 0.15) is 5.76 Å². The number of urea groups is 1. The molecule has 7 nitrogen and oxygen atoms in total. The lowest BCUT2D eigenvalue weighted by atomic mass is 9.97. The lowest BCUT2D eigenvalue weighted by molar-refractivity contribution is 0.0717. The Morgan fingerprint density at radius 1 is 1.03 bits per heavy atom. The second-order valence-corrected chi connectivity index (χ2v) is 9.11. The van der Waals surface area contributed by atoms with Crippen molar-refractivity contribution in [1.82, 2.24) is 14.8 Å². The maximum Gasteiger partial charge on any atom is 0.321 e. The number of oxazole rings is 1. The second kappa shape index (κ2) is 9.77. The summed E-state index contributed by atoms with van der Waals surface area (Å²) in [6.07, 6.45) is 6.86. The van der Waals surface area contributed by atoms with Gasteiger partial charge >= 0.3 is 6.03 Å². The van der Waals surface area contributed by atoms with Crippen LogP contribution in [0.15, 0.2) is 33.6 Å². The highest BCUT2D eigenvalue weighted by molar-refractivity contribution is 7.98. The number of piperidine rings is 2. The molecule has 0 unspecified atom stereocenters. The number of rotatable bonds is 4. The zero-order valence-electron chi connectivity index (χ0n) is 18.2. The third-order valence-electron chi connectivity index (χ3n) is 6.13. The Hall–Kier alpha value is -2.48. The Kier molecular flexibility index (Phi) is 6.85. The standard InChI is InChI=1S/C23H30N4O3S/c1-16-20(22(28)26-12-4-3-5-13-26)25-21(30-16)17-10-14-27(15-11-17)23(29)24-18-6-8-19(31-2)9-7-18/h6-9,17H,3-5,10-15H2,1-2H3,(H,24,29). The lowest BCUT2D eigenvalue weighted by Gasteiger charge is -2.30. The fourth-order valence-electron chi connectivity index (χ4n) is 4.24. The van der Waals surface area contributed by atoms with Crippen molar-refractivity contribution >= 4 is 29.4 Å². The van der Waals surface area contributed by atoms with Gasteiger partial charge in [-0.05, 0) is 69.5 Å². The predicted molar refractivity (Wildman–Crippen MR) is 122 cm³/mol. The highest BCUT2D eigenvalue weighted by Gasteiger charge is 2.30. The van der Waals surface area contributed by atoms with Gasteiger partial charge in [-0.3, -0.25) is 4.79 Å². The largest absolute Gasteiger partial charge is 0.445 e. The average Bonchev–Trinajstić information content (AvgIpc) is 3.21. The number of nitrogens with zero attached hydrogens (tertiary/aromatic N) is 3. The first kappa shape index (κ1) is 21.7. The van der Waals surface area contributed by atoms with Crippen molar-refractivity contribution in [3.8, 4) is 0 Å². The van der Waals surface area contributed by atoms with Crippen LogP contribution in [-0.2, 0) is 0 Å². The molecule has 0 radical (unpaired) electrons. The summed E-state index contributed by atoms with van der Waals surface area (Å²) in [5, 5.41) is 2.97. The third-order valence-corrected chi connectivity index (χ3v) is 6.88. The molecule has 2 aliphatic heterocycles. The number of anilines is 1. The highest BCUT2D eigenvalue weighted by Crippen LogP contribution is 2.30. The van der Waals surface area contributed by atoms with Crippen molar-refractivity contribution in [3.05, 3.63) is 41.6 Å². The van der Waals surface area contributed by atoms with Gasteiger partial charge in [0, 0.05) is 42.7 Å². The number of thioether (sulfide) groups is 1. The predicted octanol–water partition coefficient (Wildman–Crippen LogP) is 4.74. The average molecular weight is 443 g/mol. The van der Waals surface area contributed by atoms with E-state index in [0.29, 0.717) is 30.4 Å². The van der Waals surface area contributed by atoms with Gasteiger partial charge in [-0.15, -0.1) is 11.8 Å². The van der Waals surface area contributed by atoms with E-state index < -0.39 is 0 Å². The smallest absolute Gasteiger partial charge is 0.321 e. The van der Waals surface area contributed by atoms with E-state index in [9.17, 15) is 9.59 Å². The first-order valence-electron chi connectivity index (χ1n) is 11.0. The molecule has 0 spiro atoms. The summed E-state index contributed by atoms with van der Waals surface area (Å²) in [5.41, 5.74) is 1.25. The van der Waals surface area contributed by atoms with Crippen LogP contribution in [0.2, 0.25) is 0 Å². The van der Waals surface area contributed by atoms with E-state index in [-0.39, 0.29) is 17.9 Å². The number of hydrogen-bond donors (Lipinski definition) is 1. The van der Waals surface area contributed by atoms with Crippen LogP contribution in [0.4, 0.5) is 10.5 Å². The first-order valence-corrected chi connectivity index (χ1v) is 12.2. The molecule has 1 N–H and O–H groups in total. The number of aromatic nitrogens is 1. The number of amides is 3. The van der Waals surface area contributed by atoms with E-state index in [1.807, 2.05) is 47.2 Å². The molecule has 1 aromatic carbocycles. The molecule has 3 amide bonds. The molecule has 166 valence electrons. The van der Waals surface area contributed by atoms with Crippen molar-refractivity contribution in [2.75, 3.05) is 37.8 Å². The van der Waals surface area contributed by atoms with Crippen LogP contribution in [0.1, 0.15) is 60.2 Å². The van der Waals surface area contributed by atoms with E-state index in [0.717, 1.165) is 49.4 Å². The van der Waals surface area contributed by atoms with Gasteiger partial charge in [-0.1, -0.05) is 0 Å². The van der Waals surface area contributed by atoms with Crippen LogP contribution in [0, 0.1) is 6.92 Å². The fraction of sp³-hybridized carbons (Fsp3) is 0.522. The zero-order valence-corrected chi connectivity index (χ0v) is 19.0. The maximum absolute atomic E-state index is 12.8. The fourth-order valence-corrected chi connectivity index (χ4v) is 4.65. The third kappa shape index (κ3) is 5.06. The molecule has 2 fully saturated rings. The van der Waals surface area contributed by atoms with Crippen LogP contribution >= 0.6 is 11.8 Å². The van der Waals surface area contributed by atoms with Crippen LogP contribution in [0.25, 0.3) is 0 Å². The van der Waals surface area contributed by atoms with Gasteiger partial charge in [-0.25, -0.2) is 9.78 Å². The first-order chi connectivity index (χ1) is 15.0. The van der Waals surface area contributed by atoms with Crippen molar-refractivity contribution in [2.24, 2.45) is 0 Å². The minimum atomic E-state index is -0.0834. The van der Waals surface area contributed by atoms with E-state index in [1.54, 1.807) is 11.8 Å². The van der Waals surface area contributed by atoms with Crippen LogP contribution < -0.4 is 5.32 Å². The van der Waals surface area contributed by atoms with Gasteiger partial charge in [0.05, 0.1) is 0 Å². The molecule has 4 rings (SSSR count). The normalized spacial score (nSPS) is 17.6. The summed E-state index contributed by atoms with van der Waals surface area (Å²) < 4.78 is 5.90. The summed E-state index contributed by atoms with van der Waals surface area (Å²) >= 11 is 1.67. The molecule has 2 aliphatic rings. The van der Waals surface area contributed by atoms with Crippen LogP contribution in [0.5, 0.6) is 0 Å². The topological polar surface area (TPSA) is 78.7 Å². The minimum absolute atomic E-state index is 0.0171. The Morgan fingerprint density at radius 3 is 2.35 bits per heavy atom. The molecule has 8 heteroatoms. The molecule has 2 aromatic rings. The van der Waals surface area contributed by atoms with Gasteiger partial charge in [0.15, 0.2) is 11.6 Å². The Morgan fingerprint density at radius 2 is 1.71 bits per heavy atom. The zero-order chi connectivity index (χ0) is 21.8. The molecule has 0 saturated carbocycles.